The van der Waals surface area contributed by atoms with Crippen LogP contribution in [0.1, 0.15) is 72.5 Å². The van der Waals surface area contributed by atoms with Gasteiger partial charge in [0.2, 0.25) is 0 Å². The Kier molecular flexibility index (Phi) is 5.61. The maximum Gasteiger partial charge on any atom is 0.306 e. The zero-order chi connectivity index (χ0) is 21.4. The van der Waals surface area contributed by atoms with Crippen molar-refractivity contribution in [1.29, 1.82) is 0 Å². The fourth-order valence-corrected chi connectivity index (χ4v) is 5.30. The second-order valence-electron chi connectivity index (χ2n) is 8.90. The van der Waals surface area contributed by atoms with Crippen LogP contribution < -0.4 is 9.47 Å². The van der Waals surface area contributed by atoms with Crippen molar-refractivity contribution in [3.63, 3.8) is 0 Å². The average Bonchev–Trinajstić information content (AvgIpc) is 3.34. The lowest BCUT2D eigenvalue weighted by Crippen LogP contribution is -2.22. The molecule has 1 saturated carbocycles. The zero-order valence-electron chi connectivity index (χ0n) is 18.3. The largest absolute Gasteiger partial charge is 0.492 e. The Bertz CT molecular complexity index is 964. The summed E-state index contributed by atoms with van der Waals surface area (Å²) in [7, 11) is 3.26. The quantitative estimate of drug-likeness (QED) is 0.568. The molecule has 0 bridgehead atoms. The minimum atomic E-state index is -0.212. The summed E-state index contributed by atoms with van der Waals surface area (Å²) >= 11 is 0. The van der Waals surface area contributed by atoms with E-state index < -0.39 is 0 Å². The van der Waals surface area contributed by atoms with Crippen LogP contribution in [0, 0.1) is 5.92 Å². The third-order valence-electron chi connectivity index (χ3n) is 7.17. The molecule has 0 aromatic heterocycles. The van der Waals surface area contributed by atoms with E-state index in [1.54, 1.807) is 0 Å². The summed E-state index contributed by atoms with van der Waals surface area (Å²) in [6.45, 7) is 0.503. The van der Waals surface area contributed by atoms with Gasteiger partial charge in [0.15, 0.2) is 0 Å². The van der Waals surface area contributed by atoms with E-state index >= 15 is 0 Å². The Morgan fingerprint density at radius 2 is 2.00 bits per heavy atom. The van der Waals surface area contributed by atoms with E-state index in [2.05, 4.69) is 18.2 Å². The maximum atomic E-state index is 11.6. The Morgan fingerprint density at radius 3 is 2.74 bits per heavy atom. The van der Waals surface area contributed by atoms with Gasteiger partial charge in [-0.05, 0) is 54.4 Å². The Labute approximate surface area is 183 Å². The van der Waals surface area contributed by atoms with Gasteiger partial charge in [-0.3, -0.25) is 4.79 Å². The molecular formula is C26H30O5. The van der Waals surface area contributed by atoms with Crippen LogP contribution in [0.15, 0.2) is 36.4 Å². The summed E-state index contributed by atoms with van der Waals surface area (Å²) < 4.78 is 23.0. The SMILES string of the molecule is COC(=O)C[C@@H]1COc2cc(OC3CCc4c3cccc4C(OC)C3CCC3)ccc21. The molecule has 164 valence electrons. The van der Waals surface area contributed by atoms with Crippen LogP contribution in [0.5, 0.6) is 11.5 Å². The molecule has 2 unspecified atom stereocenters. The van der Waals surface area contributed by atoms with Crippen molar-refractivity contribution in [2.24, 2.45) is 5.92 Å². The fraction of sp³-hybridized carbons (Fsp3) is 0.500. The van der Waals surface area contributed by atoms with Gasteiger partial charge in [-0.1, -0.05) is 30.7 Å². The lowest BCUT2D eigenvalue weighted by Gasteiger charge is -2.34. The average molecular weight is 423 g/mol. The van der Waals surface area contributed by atoms with Crippen molar-refractivity contribution in [1.82, 2.24) is 0 Å². The van der Waals surface area contributed by atoms with Crippen LogP contribution in [-0.2, 0) is 20.7 Å². The lowest BCUT2D eigenvalue weighted by molar-refractivity contribution is -0.141. The molecule has 0 amide bonds. The molecule has 0 radical (unpaired) electrons. The predicted molar refractivity (Wildman–Crippen MR) is 117 cm³/mol. The molecule has 1 aliphatic heterocycles. The first kappa shape index (κ1) is 20.4. The normalized spacial score (nSPS) is 22.8. The van der Waals surface area contributed by atoms with Crippen LogP contribution >= 0.6 is 0 Å². The second kappa shape index (κ2) is 8.54. The van der Waals surface area contributed by atoms with Gasteiger partial charge in [-0.25, -0.2) is 0 Å². The fourth-order valence-electron chi connectivity index (χ4n) is 5.30. The standard InChI is InChI=1S/C26H30O5/c1-28-25(27)13-17-15-30-24-14-18(9-10-19(17)24)31-23-12-11-20-21(23)7-4-8-22(20)26(29-2)16-5-3-6-16/h4,7-10,14,16-17,23,26H,3,5-6,11-13,15H2,1-2H3/t17-,23?,26?/m1/s1. The van der Waals surface area contributed by atoms with Crippen molar-refractivity contribution in [2.75, 3.05) is 20.8 Å². The molecule has 1 heterocycles. The Morgan fingerprint density at radius 1 is 1.13 bits per heavy atom. The van der Waals surface area contributed by atoms with Crippen LogP contribution in [0.4, 0.5) is 0 Å². The lowest BCUT2D eigenvalue weighted by atomic mass is 9.77. The Balaban J connectivity index is 1.33. The van der Waals surface area contributed by atoms with Crippen LogP contribution in [-0.4, -0.2) is 26.8 Å². The first-order chi connectivity index (χ1) is 15.2. The van der Waals surface area contributed by atoms with Crippen LogP contribution in [0.2, 0.25) is 0 Å². The topological polar surface area (TPSA) is 54.0 Å². The first-order valence-electron chi connectivity index (χ1n) is 11.3. The van der Waals surface area contributed by atoms with Gasteiger partial charge in [-0.15, -0.1) is 0 Å². The first-order valence-corrected chi connectivity index (χ1v) is 11.3. The molecule has 3 aliphatic rings. The van der Waals surface area contributed by atoms with Gasteiger partial charge >= 0.3 is 5.97 Å². The van der Waals surface area contributed by atoms with Crippen LogP contribution in [0.3, 0.4) is 0 Å². The van der Waals surface area contributed by atoms with Crippen LogP contribution in [0.25, 0.3) is 0 Å². The van der Waals surface area contributed by atoms with E-state index in [1.165, 1.54) is 43.1 Å². The van der Waals surface area contributed by atoms with E-state index in [4.69, 9.17) is 18.9 Å². The maximum absolute atomic E-state index is 11.6. The second-order valence-corrected chi connectivity index (χ2v) is 8.90. The Hall–Kier alpha value is -2.53. The molecule has 0 saturated heterocycles. The smallest absolute Gasteiger partial charge is 0.306 e. The van der Waals surface area contributed by atoms with Gasteiger partial charge in [0, 0.05) is 24.7 Å². The molecule has 5 heteroatoms. The predicted octanol–water partition coefficient (Wildman–Crippen LogP) is 5.28. The minimum Gasteiger partial charge on any atom is -0.492 e. The summed E-state index contributed by atoms with van der Waals surface area (Å²) in [5.74, 6) is 2.09. The number of ether oxygens (including phenoxy) is 4. The van der Waals surface area contributed by atoms with Crippen molar-refractivity contribution in [2.45, 2.75) is 56.7 Å². The number of carbonyl (C=O) groups excluding carboxylic acids is 1. The molecule has 2 aromatic rings. The molecular weight excluding hydrogens is 392 g/mol. The van der Waals surface area contributed by atoms with Gasteiger partial charge in [0.1, 0.15) is 17.6 Å². The molecule has 2 aliphatic carbocycles. The number of fused-ring (bicyclic) bond motifs is 2. The summed E-state index contributed by atoms with van der Waals surface area (Å²) in [6, 6.07) is 12.5. The number of hydrogen-bond acceptors (Lipinski definition) is 5. The summed E-state index contributed by atoms with van der Waals surface area (Å²) in [5.41, 5.74) is 5.08. The van der Waals surface area contributed by atoms with E-state index in [-0.39, 0.29) is 24.1 Å². The van der Waals surface area contributed by atoms with E-state index in [1.807, 2.05) is 25.3 Å². The summed E-state index contributed by atoms with van der Waals surface area (Å²) in [5, 5.41) is 0. The van der Waals surface area contributed by atoms with Crippen molar-refractivity contribution in [3.05, 3.63) is 58.7 Å². The molecule has 1 fully saturated rings. The van der Waals surface area contributed by atoms with Crippen molar-refractivity contribution < 1.29 is 23.7 Å². The highest BCUT2D eigenvalue weighted by Gasteiger charge is 2.34. The summed E-state index contributed by atoms with van der Waals surface area (Å²) in [6.07, 6.45) is 6.39. The van der Waals surface area contributed by atoms with E-state index in [0.717, 1.165) is 29.9 Å². The van der Waals surface area contributed by atoms with Gasteiger partial charge in [-0.2, -0.15) is 0 Å². The number of rotatable bonds is 7. The molecule has 5 rings (SSSR count). The van der Waals surface area contributed by atoms with E-state index in [0.29, 0.717) is 18.9 Å². The molecule has 2 aromatic carbocycles. The number of esters is 1. The molecule has 0 N–H and O–H groups in total. The highest BCUT2D eigenvalue weighted by molar-refractivity contribution is 5.71. The van der Waals surface area contributed by atoms with Gasteiger partial charge in [0.05, 0.1) is 26.2 Å². The zero-order valence-corrected chi connectivity index (χ0v) is 18.3. The molecule has 0 spiro atoms. The third kappa shape index (κ3) is 3.80. The monoisotopic (exact) mass is 422 g/mol. The highest BCUT2D eigenvalue weighted by atomic mass is 16.5. The minimum absolute atomic E-state index is 0.0409. The molecule has 5 nitrogen and oxygen atoms in total. The number of benzene rings is 2. The van der Waals surface area contributed by atoms with Gasteiger partial charge < -0.3 is 18.9 Å². The van der Waals surface area contributed by atoms with E-state index in [9.17, 15) is 4.79 Å². The van der Waals surface area contributed by atoms with Gasteiger partial charge in [0.25, 0.3) is 0 Å². The number of hydrogen-bond donors (Lipinski definition) is 0. The van der Waals surface area contributed by atoms with Crippen molar-refractivity contribution >= 4 is 5.97 Å². The highest BCUT2D eigenvalue weighted by Crippen LogP contribution is 2.46. The third-order valence-corrected chi connectivity index (χ3v) is 7.17. The number of methoxy groups -OCH3 is 2. The van der Waals surface area contributed by atoms with Crippen molar-refractivity contribution in [3.8, 4) is 11.5 Å². The molecule has 31 heavy (non-hydrogen) atoms. The number of carbonyl (C=O) groups is 1. The summed E-state index contributed by atoms with van der Waals surface area (Å²) in [4.78, 5) is 11.6. The molecule has 3 atom stereocenters.